The van der Waals surface area contributed by atoms with E-state index in [4.69, 9.17) is 0 Å². The summed E-state index contributed by atoms with van der Waals surface area (Å²) < 4.78 is 14.7. The zero-order chi connectivity index (χ0) is 14.7. The molecule has 3 heteroatoms. The van der Waals surface area contributed by atoms with Crippen LogP contribution >= 0.6 is 15.9 Å². The zero-order valence-corrected chi connectivity index (χ0v) is 13.6. The highest BCUT2D eigenvalue weighted by Crippen LogP contribution is 2.26. The number of nitrogens with one attached hydrogen (secondary N) is 1. The minimum Gasteiger partial charge on any atom is -0.378 e. The third kappa shape index (κ3) is 3.40. The van der Waals surface area contributed by atoms with Gasteiger partial charge in [0.05, 0.1) is 0 Å². The summed E-state index contributed by atoms with van der Waals surface area (Å²) in [7, 11) is 0. The Hall–Kier alpha value is -1.35. The molecule has 1 nitrogen and oxygen atoms in total. The van der Waals surface area contributed by atoms with Gasteiger partial charge in [0.25, 0.3) is 0 Å². The van der Waals surface area contributed by atoms with Crippen molar-refractivity contribution < 1.29 is 4.39 Å². The van der Waals surface area contributed by atoms with E-state index < -0.39 is 0 Å². The Morgan fingerprint density at radius 2 is 1.95 bits per heavy atom. The highest BCUT2D eigenvalue weighted by atomic mass is 79.9. The highest BCUT2D eigenvalue weighted by molar-refractivity contribution is 9.10. The molecular formula is C17H19BrFN. The summed E-state index contributed by atoms with van der Waals surface area (Å²) in [5.74, 6) is -0.150. The smallest absolute Gasteiger partial charge is 0.126 e. The Kier molecular flexibility index (Phi) is 4.81. The van der Waals surface area contributed by atoms with Gasteiger partial charge in [-0.05, 0) is 61.2 Å². The maximum Gasteiger partial charge on any atom is 0.126 e. The molecule has 1 N–H and O–H groups in total. The largest absolute Gasteiger partial charge is 0.378 e. The molecule has 106 valence electrons. The fraction of sp³-hybridized carbons (Fsp3) is 0.294. The van der Waals surface area contributed by atoms with Crippen LogP contribution in [-0.2, 0) is 6.42 Å². The van der Waals surface area contributed by atoms with Gasteiger partial charge in [-0.2, -0.15) is 0 Å². The second-order valence-electron chi connectivity index (χ2n) is 5.03. The summed E-state index contributed by atoms with van der Waals surface area (Å²) in [5, 5.41) is 3.46. The number of hydrogen-bond acceptors (Lipinski definition) is 1. The molecule has 0 heterocycles. The number of aryl methyl sites for hydroxylation is 2. The molecule has 1 unspecified atom stereocenters. The molecule has 0 aliphatic rings. The molecule has 0 radical (unpaired) electrons. The lowest BCUT2D eigenvalue weighted by atomic mass is 10.0. The lowest BCUT2D eigenvalue weighted by Gasteiger charge is -2.19. The van der Waals surface area contributed by atoms with Crippen molar-refractivity contribution >= 4 is 21.6 Å². The molecule has 2 rings (SSSR count). The predicted molar refractivity (Wildman–Crippen MR) is 86.7 cm³/mol. The summed E-state index contributed by atoms with van der Waals surface area (Å²) in [6.07, 6.45) is 0.955. The van der Waals surface area contributed by atoms with Gasteiger partial charge in [-0.15, -0.1) is 0 Å². The van der Waals surface area contributed by atoms with Crippen LogP contribution in [0.1, 0.15) is 36.6 Å². The first kappa shape index (κ1) is 15.0. The van der Waals surface area contributed by atoms with Gasteiger partial charge in [0.15, 0.2) is 0 Å². The maximum atomic E-state index is 13.6. The van der Waals surface area contributed by atoms with Gasteiger partial charge in [0, 0.05) is 16.2 Å². The van der Waals surface area contributed by atoms with Crippen LogP contribution in [0.25, 0.3) is 0 Å². The second-order valence-corrected chi connectivity index (χ2v) is 5.95. The molecule has 0 aliphatic heterocycles. The van der Waals surface area contributed by atoms with Gasteiger partial charge >= 0.3 is 0 Å². The van der Waals surface area contributed by atoms with Gasteiger partial charge in [-0.1, -0.05) is 35.0 Å². The topological polar surface area (TPSA) is 12.0 Å². The van der Waals surface area contributed by atoms with Crippen LogP contribution in [0.2, 0.25) is 0 Å². The molecule has 0 fully saturated rings. The number of halogens is 2. The van der Waals surface area contributed by atoms with Crippen molar-refractivity contribution in [3.63, 3.8) is 0 Å². The summed E-state index contributed by atoms with van der Waals surface area (Å²) in [4.78, 5) is 0. The van der Waals surface area contributed by atoms with Crippen LogP contribution in [0.4, 0.5) is 10.1 Å². The van der Waals surface area contributed by atoms with Crippen molar-refractivity contribution in [1.82, 2.24) is 0 Å². The van der Waals surface area contributed by atoms with E-state index in [0.29, 0.717) is 5.56 Å². The van der Waals surface area contributed by atoms with Crippen molar-refractivity contribution in [3.8, 4) is 0 Å². The summed E-state index contributed by atoms with van der Waals surface area (Å²) in [6.45, 7) is 5.95. The lowest BCUT2D eigenvalue weighted by Crippen LogP contribution is -2.09. The molecule has 2 aromatic rings. The molecule has 0 spiro atoms. The van der Waals surface area contributed by atoms with E-state index in [1.54, 1.807) is 13.0 Å². The number of rotatable bonds is 4. The van der Waals surface area contributed by atoms with Gasteiger partial charge in [-0.25, -0.2) is 4.39 Å². The quantitative estimate of drug-likeness (QED) is 0.763. The van der Waals surface area contributed by atoms with Crippen molar-refractivity contribution in [2.45, 2.75) is 33.2 Å². The van der Waals surface area contributed by atoms with Crippen LogP contribution < -0.4 is 5.32 Å². The first-order valence-corrected chi connectivity index (χ1v) is 7.61. The Bertz CT molecular complexity index is 610. The maximum absolute atomic E-state index is 13.6. The van der Waals surface area contributed by atoms with E-state index in [9.17, 15) is 4.39 Å². The van der Waals surface area contributed by atoms with E-state index in [1.165, 1.54) is 5.56 Å². The van der Waals surface area contributed by atoms with Gasteiger partial charge in [0.1, 0.15) is 5.82 Å². The van der Waals surface area contributed by atoms with E-state index in [1.807, 2.05) is 25.1 Å². The average Bonchev–Trinajstić information content (AvgIpc) is 2.43. The molecule has 0 aliphatic carbocycles. The number of hydrogen-bond donors (Lipinski definition) is 1. The van der Waals surface area contributed by atoms with E-state index in [-0.39, 0.29) is 11.9 Å². The van der Waals surface area contributed by atoms with Crippen LogP contribution in [0, 0.1) is 12.7 Å². The standard InChI is InChI=1S/C17H19BrFN/c1-4-13-9-15(18)7-8-17(13)20-12(3)14-6-5-11(2)16(19)10-14/h5-10,12,20H,4H2,1-3H3. The third-order valence-corrected chi connectivity index (χ3v) is 4.01. The Labute approximate surface area is 128 Å². The van der Waals surface area contributed by atoms with Crippen LogP contribution in [-0.4, -0.2) is 0 Å². The van der Waals surface area contributed by atoms with Crippen molar-refractivity contribution in [2.24, 2.45) is 0 Å². The molecule has 20 heavy (non-hydrogen) atoms. The molecule has 0 amide bonds. The van der Waals surface area contributed by atoms with Crippen molar-refractivity contribution in [2.75, 3.05) is 5.32 Å². The van der Waals surface area contributed by atoms with Crippen LogP contribution in [0.5, 0.6) is 0 Å². The van der Waals surface area contributed by atoms with E-state index in [0.717, 1.165) is 22.1 Å². The van der Waals surface area contributed by atoms with E-state index >= 15 is 0 Å². The number of benzene rings is 2. The Balaban J connectivity index is 2.22. The predicted octanol–water partition coefficient (Wildman–Crippen LogP) is 5.63. The Morgan fingerprint density at radius 3 is 2.60 bits per heavy atom. The normalized spacial score (nSPS) is 12.2. The second kappa shape index (κ2) is 6.40. The molecule has 1 atom stereocenters. The van der Waals surface area contributed by atoms with Gasteiger partial charge in [0.2, 0.25) is 0 Å². The molecule has 0 saturated carbocycles. The molecular weight excluding hydrogens is 317 g/mol. The summed E-state index contributed by atoms with van der Waals surface area (Å²) in [5.41, 5.74) is 3.99. The van der Waals surface area contributed by atoms with Crippen molar-refractivity contribution in [3.05, 3.63) is 63.4 Å². The summed E-state index contributed by atoms with van der Waals surface area (Å²) in [6, 6.07) is 11.7. The fourth-order valence-corrected chi connectivity index (χ4v) is 2.60. The molecule has 0 saturated heterocycles. The van der Waals surface area contributed by atoms with Gasteiger partial charge < -0.3 is 5.32 Å². The molecule has 0 bridgehead atoms. The minimum absolute atomic E-state index is 0.0663. The van der Waals surface area contributed by atoms with Crippen molar-refractivity contribution in [1.29, 1.82) is 0 Å². The number of anilines is 1. The van der Waals surface area contributed by atoms with Crippen LogP contribution in [0.15, 0.2) is 40.9 Å². The lowest BCUT2D eigenvalue weighted by molar-refractivity contribution is 0.614. The third-order valence-electron chi connectivity index (χ3n) is 3.52. The molecule has 2 aromatic carbocycles. The zero-order valence-electron chi connectivity index (χ0n) is 12.0. The average molecular weight is 336 g/mol. The fourth-order valence-electron chi connectivity index (χ4n) is 2.19. The SMILES string of the molecule is CCc1cc(Br)ccc1NC(C)c1ccc(C)c(F)c1. The summed E-state index contributed by atoms with van der Waals surface area (Å²) >= 11 is 3.49. The van der Waals surface area contributed by atoms with E-state index in [2.05, 4.69) is 40.3 Å². The monoisotopic (exact) mass is 335 g/mol. The highest BCUT2D eigenvalue weighted by Gasteiger charge is 2.10. The first-order chi connectivity index (χ1) is 9.51. The van der Waals surface area contributed by atoms with Crippen LogP contribution in [0.3, 0.4) is 0 Å². The minimum atomic E-state index is -0.150. The Morgan fingerprint density at radius 1 is 1.20 bits per heavy atom. The first-order valence-electron chi connectivity index (χ1n) is 6.82. The molecule has 0 aromatic heterocycles. The van der Waals surface area contributed by atoms with Gasteiger partial charge in [-0.3, -0.25) is 0 Å².